The lowest BCUT2D eigenvalue weighted by Crippen LogP contribution is -1.97. The first kappa shape index (κ1) is 31.0. The Morgan fingerprint density at radius 2 is 0.943 bits per heavy atom. The van der Waals surface area contributed by atoms with Crippen LogP contribution in [0.25, 0.3) is 94.1 Å². The molecule has 5 aromatic carbocycles. The Balaban J connectivity index is 1.13. The van der Waals surface area contributed by atoms with Crippen LogP contribution in [0.5, 0.6) is 0 Å². The highest BCUT2D eigenvalue weighted by Crippen LogP contribution is 2.37. The lowest BCUT2D eigenvalue weighted by atomic mass is 9.95. The first-order valence-electron chi connectivity index (χ1n) is 18.2. The van der Waals surface area contributed by atoms with Crippen LogP contribution in [0.2, 0.25) is 0 Å². The summed E-state index contributed by atoms with van der Waals surface area (Å²) >= 11 is 0. The molecule has 4 heteroatoms. The number of allylic oxidation sites excluding steroid dienone is 4. The van der Waals surface area contributed by atoms with E-state index in [-0.39, 0.29) is 0 Å². The molecule has 1 aliphatic rings. The molecule has 0 fully saturated rings. The lowest BCUT2D eigenvalue weighted by molar-refractivity contribution is 0.739. The van der Waals surface area contributed by atoms with E-state index in [0.717, 1.165) is 106 Å². The molecule has 10 rings (SSSR count). The van der Waals surface area contributed by atoms with Gasteiger partial charge >= 0.3 is 0 Å². The van der Waals surface area contributed by atoms with Crippen molar-refractivity contribution in [3.05, 3.63) is 176 Å². The molecule has 1 unspecified atom stereocenters. The van der Waals surface area contributed by atoms with Crippen LogP contribution < -0.4 is 0 Å². The van der Waals surface area contributed by atoms with Gasteiger partial charge in [0, 0.05) is 38.2 Å². The number of fused-ring (bicyclic) bond motifs is 6. The average molecular weight is 679 g/mol. The Morgan fingerprint density at radius 1 is 0.434 bits per heavy atom. The van der Waals surface area contributed by atoms with Crippen molar-refractivity contribution in [1.29, 1.82) is 0 Å². The molecule has 1 atom stereocenters. The van der Waals surface area contributed by atoms with Crippen LogP contribution in [-0.2, 0) is 0 Å². The Morgan fingerprint density at radius 3 is 1.60 bits per heavy atom. The highest BCUT2D eigenvalue weighted by molar-refractivity contribution is 6.10. The molecule has 250 valence electrons. The molecule has 0 aliphatic heterocycles. The Kier molecular flexibility index (Phi) is 7.47. The fourth-order valence-electron chi connectivity index (χ4n) is 7.49. The van der Waals surface area contributed by atoms with Crippen molar-refractivity contribution in [3.8, 4) is 44.9 Å². The number of rotatable bonds is 5. The molecule has 0 spiro atoms. The van der Waals surface area contributed by atoms with E-state index in [2.05, 4.69) is 159 Å². The lowest BCUT2D eigenvalue weighted by Gasteiger charge is -2.15. The highest BCUT2D eigenvalue weighted by Gasteiger charge is 2.16. The number of hydrogen-bond acceptors (Lipinski definition) is 4. The molecule has 53 heavy (non-hydrogen) atoms. The number of pyridine rings is 4. The second-order valence-corrected chi connectivity index (χ2v) is 13.9. The summed E-state index contributed by atoms with van der Waals surface area (Å²) in [5.74, 6) is 0.543. The summed E-state index contributed by atoms with van der Waals surface area (Å²) in [5, 5.41) is 4.29. The van der Waals surface area contributed by atoms with Gasteiger partial charge in [-0.25, -0.2) is 19.9 Å². The van der Waals surface area contributed by atoms with Crippen molar-refractivity contribution in [2.75, 3.05) is 0 Å². The monoisotopic (exact) mass is 678 g/mol. The highest BCUT2D eigenvalue weighted by atomic mass is 14.8. The van der Waals surface area contributed by atoms with Crippen molar-refractivity contribution in [2.45, 2.75) is 13.3 Å². The number of nitrogens with zero attached hydrogens (tertiary/aromatic N) is 4. The van der Waals surface area contributed by atoms with E-state index in [0.29, 0.717) is 5.92 Å². The zero-order valence-electron chi connectivity index (χ0n) is 29.2. The van der Waals surface area contributed by atoms with Crippen LogP contribution in [0.15, 0.2) is 170 Å². The normalized spacial score (nSPS) is 14.3. The van der Waals surface area contributed by atoms with Crippen molar-refractivity contribution in [2.24, 2.45) is 5.92 Å². The maximum atomic E-state index is 5.39. The van der Waals surface area contributed by atoms with Gasteiger partial charge < -0.3 is 0 Å². The summed E-state index contributed by atoms with van der Waals surface area (Å²) in [4.78, 5) is 21.0. The van der Waals surface area contributed by atoms with E-state index in [1.54, 1.807) is 0 Å². The Labute approximate surface area is 307 Å². The van der Waals surface area contributed by atoms with E-state index < -0.39 is 0 Å². The number of benzene rings is 5. The van der Waals surface area contributed by atoms with Gasteiger partial charge in [0.2, 0.25) is 0 Å². The summed E-state index contributed by atoms with van der Waals surface area (Å²) < 4.78 is 0. The van der Waals surface area contributed by atoms with E-state index in [1.165, 1.54) is 0 Å². The molecule has 4 aromatic heterocycles. The molecule has 4 heterocycles. The molecule has 4 nitrogen and oxygen atoms in total. The third kappa shape index (κ3) is 5.65. The van der Waals surface area contributed by atoms with E-state index in [1.807, 2.05) is 18.2 Å². The Hall–Kier alpha value is -6.78. The third-order valence-electron chi connectivity index (χ3n) is 10.4. The molecule has 1 aliphatic carbocycles. The molecule has 0 saturated heterocycles. The van der Waals surface area contributed by atoms with Gasteiger partial charge in [-0.15, -0.1) is 0 Å². The van der Waals surface area contributed by atoms with Gasteiger partial charge in [0.1, 0.15) is 0 Å². The van der Waals surface area contributed by atoms with Crippen molar-refractivity contribution < 1.29 is 0 Å². The smallest absolute Gasteiger partial charge is 0.0978 e. The number of hydrogen-bond donors (Lipinski definition) is 0. The van der Waals surface area contributed by atoms with Gasteiger partial charge in [0.05, 0.1) is 44.8 Å². The summed E-state index contributed by atoms with van der Waals surface area (Å²) in [6.07, 6.45) is 7.79. The fraction of sp³-hybridized carbons (Fsp3) is 0.0612. The second-order valence-electron chi connectivity index (χ2n) is 13.9. The fourth-order valence-corrected chi connectivity index (χ4v) is 7.49. The third-order valence-corrected chi connectivity index (χ3v) is 10.4. The van der Waals surface area contributed by atoms with Crippen molar-refractivity contribution in [3.63, 3.8) is 0 Å². The summed E-state index contributed by atoms with van der Waals surface area (Å²) in [6, 6.07) is 53.1. The summed E-state index contributed by atoms with van der Waals surface area (Å²) in [7, 11) is 0. The van der Waals surface area contributed by atoms with E-state index in [4.69, 9.17) is 19.9 Å². The zero-order valence-corrected chi connectivity index (χ0v) is 29.2. The van der Waals surface area contributed by atoms with Crippen LogP contribution in [0.3, 0.4) is 0 Å². The predicted molar refractivity (Wildman–Crippen MR) is 220 cm³/mol. The van der Waals surface area contributed by atoms with Crippen molar-refractivity contribution >= 4 is 49.2 Å². The zero-order chi connectivity index (χ0) is 35.3. The van der Waals surface area contributed by atoms with Crippen LogP contribution in [0, 0.1) is 5.92 Å². The molecular weight excluding hydrogens is 645 g/mol. The summed E-state index contributed by atoms with van der Waals surface area (Å²) in [6.45, 7) is 2.24. The van der Waals surface area contributed by atoms with Crippen LogP contribution in [-0.4, -0.2) is 19.9 Å². The van der Waals surface area contributed by atoms with Gasteiger partial charge in [-0.1, -0.05) is 146 Å². The van der Waals surface area contributed by atoms with Crippen molar-refractivity contribution in [1.82, 2.24) is 19.9 Å². The largest absolute Gasteiger partial charge is 0.246 e. The van der Waals surface area contributed by atoms with Gasteiger partial charge in [-0.3, -0.25) is 0 Å². The molecule has 0 amide bonds. The minimum atomic E-state index is 0.543. The van der Waals surface area contributed by atoms with Gasteiger partial charge in [-0.2, -0.15) is 0 Å². The van der Waals surface area contributed by atoms with Gasteiger partial charge in [0.15, 0.2) is 0 Å². The van der Waals surface area contributed by atoms with Crippen LogP contribution >= 0.6 is 0 Å². The van der Waals surface area contributed by atoms with Crippen LogP contribution in [0.1, 0.15) is 19.0 Å². The molecule has 0 bridgehead atoms. The predicted octanol–water partition coefficient (Wildman–Crippen LogP) is 12.5. The SMILES string of the molecule is CC1C=CC(c2ccc3ccc4c(-c5ccccc5)cc(-c5cccc(-c6ccc7ccc8ccc(-c9ccccc9)nc8c7n6)c5)nc4c3n2)=CC1. The number of aromatic nitrogens is 4. The van der Waals surface area contributed by atoms with E-state index >= 15 is 0 Å². The minimum Gasteiger partial charge on any atom is -0.246 e. The standard InChI is InChI=1S/C49H34N4/c1-31-15-17-34(18-16-31)43-27-23-37-21-25-40-41(32-9-4-2-5-10-32)30-45(53-49(40)48(37)51-43)39-14-8-13-38(29-39)44-28-24-36-20-19-35-22-26-42(33-11-6-3-7-12-33)50-46(35)47(36)52-44/h2-15,17-31H,16H2,1H3. The quantitative estimate of drug-likeness (QED) is 0.170. The summed E-state index contributed by atoms with van der Waals surface area (Å²) in [5.41, 5.74) is 13.9. The van der Waals surface area contributed by atoms with Gasteiger partial charge in [-0.05, 0) is 59.4 Å². The maximum Gasteiger partial charge on any atom is 0.0978 e. The maximum absolute atomic E-state index is 5.39. The Bertz CT molecular complexity index is 2930. The molecule has 0 radical (unpaired) electrons. The second kappa shape index (κ2) is 12.8. The molecule has 0 saturated carbocycles. The molecule has 9 aromatic rings. The first-order chi connectivity index (χ1) is 26.1. The molecular formula is C49H34N4. The molecule has 0 N–H and O–H groups in total. The topological polar surface area (TPSA) is 51.6 Å². The van der Waals surface area contributed by atoms with Gasteiger partial charge in [0.25, 0.3) is 0 Å². The average Bonchev–Trinajstić information content (AvgIpc) is 3.23. The first-order valence-corrected chi connectivity index (χ1v) is 18.2. The minimum absolute atomic E-state index is 0.543. The van der Waals surface area contributed by atoms with Crippen LogP contribution in [0.4, 0.5) is 0 Å². The van der Waals surface area contributed by atoms with E-state index in [9.17, 15) is 0 Å².